The van der Waals surface area contributed by atoms with E-state index in [9.17, 15) is 9.59 Å². The SMILES string of the molecule is CC(C)(NNc1cccc(OCC2CC2)c1)c1ccc(CN2CCC(=O)NC2=O)cc1. The van der Waals surface area contributed by atoms with Crippen molar-refractivity contribution >= 4 is 17.6 Å². The van der Waals surface area contributed by atoms with E-state index in [0.717, 1.165) is 35.1 Å². The number of urea groups is 1. The quantitative estimate of drug-likeness (QED) is 0.536. The standard InChI is InChI=1S/C24H30N4O3/c1-24(2,27-26-20-4-3-5-21(14-20)31-16-18-6-7-18)19-10-8-17(9-11-19)15-28-13-12-22(29)25-23(28)30/h3-5,8-11,14,18,26-27H,6-7,12-13,15-16H2,1-2H3,(H,25,29,30). The number of hydrogen-bond donors (Lipinski definition) is 3. The smallest absolute Gasteiger partial charge is 0.324 e. The monoisotopic (exact) mass is 422 g/mol. The predicted octanol–water partition coefficient (Wildman–Crippen LogP) is 3.77. The summed E-state index contributed by atoms with van der Waals surface area (Å²) in [6, 6.07) is 15.8. The van der Waals surface area contributed by atoms with Crippen LogP contribution in [0, 0.1) is 5.92 Å². The van der Waals surface area contributed by atoms with Gasteiger partial charge in [-0.1, -0.05) is 30.3 Å². The average molecular weight is 423 g/mol. The van der Waals surface area contributed by atoms with Crippen LogP contribution in [-0.4, -0.2) is 30.0 Å². The number of carbonyl (C=O) groups is 2. The second kappa shape index (κ2) is 8.98. The number of rotatable bonds is 9. The third-order valence-corrected chi connectivity index (χ3v) is 5.73. The summed E-state index contributed by atoms with van der Waals surface area (Å²) in [5, 5.41) is 2.36. The van der Waals surface area contributed by atoms with Gasteiger partial charge in [0.1, 0.15) is 5.75 Å². The zero-order valence-corrected chi connectivity index (χ0v) is 18.1. The maximum atomic E-state index is 11.9. The van der Waals surface area contributed by atoms with Gasteiger partial charge in [0.2, 0.25) is 5.91 Å². The highest BCUT2D eigenvalue weighted by atomic mass is 16.5. The van der Waals surface area contributed by atoms with Crippen LogP contribution >= 0.6 is 0 Å². The van der Waals surface area contributed by atoms with E-state index >= 15 is 0 Å². The molecule has 1 saturated carbocycles. The molecule has 1 aliphatic heterocycles. The summed E-state index contributed by atoms with van der Waals surface area (Å²) in [7, 11) is 0. The third-order valence-electron chi connectivity index (χ3n) is 5.73. The van der Waals surface area contributed by atoms with E-state index in [1.54, 1.807) is 4.90 Å². The van der Waals surface area contributed by atoms with E-state index in [-0.39, 0.29) is 17.5 Å². The molecule has 1 saturated heterocycles. The molecular formula is C24H30N4O3. The minimum absolute atomic E-state index is 0.211. The number of benzene rings is 2. The lowest BCUT2D eigenvalue weighted by molar-refractivity contribution is -0.121. The minimum Gasteiger partial charge on any atom is -0.493 e. The second-order valence-corrected chi connectivity index (χ2v) is 8.88. The molecule has 0 aromatic heterocycles. The van der Waals surface area contributed by atoms with E-state index in [1.165, 1.54) is 12.8 Å². The fourth-order valence-electron chi connectivity index (χ4n) is 3.46. The van der Waals surface area contributed by atoms with Crippen LogP contribution in [0.5, 0.6) is 5.75 Å². The molecule has 0 radical (unpaired) electrons. The molecule has 7 nitrogen and oxygen atoms in total. The highest BCUT2D eigenvalue weighted by Crippen LogP contribution is 2.30. The topological polar surface area (TPSA) is 82.7 Å². The Morgan fingerprint density at radius 1 is 1.13 bits per heavy atom. The van der Waals surface area contributed by atoms with Crippen LogP contribution in [0.1, 0.15) is 44.2 Å². The number of hydrogen-bond acceptors (Lipinski definition) is 5. The van der Waals surface area contributed by atoms with E-state index in [0.29, 0.717) is 19.5 Å². The normalized spacial score (nSPS) is 16.8. The molecule has 7 heteroatoms. The van der Waals surface area contributed by atoms with Gasteiger partial charge in [0.15, 0.2) is 0 Å². The maximum absolute atomic E-state index is 11.9. The second-order valence-electron chi connectivity index (χ2n) is 8.88. The summed E-state index contributed by atoms with van der Waals surface area (Å²) in [5.74, 6) is 1.39. The Hall–Kier alpha value is -3.06. The van der Waals surface area contributed by atoms with E-state index in [4.69, 9.17) is 4.74 Å². The molecule has 164 valence electrons. The van der Waals surface area contributed by atoms with Gasteiger partial charge in [-0.25, -0.2) is 10.2 Å². The van der Waals surface area contributed by atoms with Gasteiger partial charge in [0.05, 0.1) is 17.8 Å². The highest BCUT2D eigenvalue weighted by Gasteiger charge is 2.24. The number of hydrazine groups is 1. The van der Waals surface area contributed by atoms with Crippen molar-refractivity contribution in [3.05, 3.63) is 59.7 Å². The van der Waals surface area contributed by atoms with Gasteiger partial charge in [0, 0.05) is 25.6 Å². The Kier molecular flexibility index (Phi) is 6.13. The number of anilines is 1. The molecule has 2 aromatic rings. The van der Waals surface area contributed by atoms with Crippen molar-refractivity contribution in [1.29, 1.82) is 0 Å². The molecule has 1 heterocycles. The van der Waals surface area contributed by atoms with Crippen molar-refractivity contribution in [2.75, 3.05) is 18.6 Å². The van der Waals surface area contributed by atoms with Gasteiger partial charge in [-0.2, -0.15) is 0 Å². The summed E-state index contributed by atoms with van der Waals surface area (Å²) in [4.78, 5) is 24.9. The van der Waals surface area contributed by atoms with Crippen molar-refractivity contribution in [1.82, 2.24) is 15.6 Å². The van der Waals surface area contributed by atoms with Crippen molar-refractivity contribution in [3.8, 4) is 5.75 Å². The molecule has 1 aliphatic carbocycles. The molecule has 3 amide bonds. The molecule has 2 fully saturated rings. The van der Waals surface area contributed by atoms with Crippen LogP contribution in [0.15, 0.2) is 48.5 Å². The molecular weight excluding hydrogens is 392 g/mol. The lowest BCUT2D eigenvalue weighted by Gasteiger charge is -2.29. The molecule has 31 heavy (non-hydrogen) atoms. The molecule has 0 unspecified atom stereocenters. The molecule has 0 spiro atoms. The predicted molar refractivity (Wildman–Crippen MR) is 119 cm³/mol. The zero-order chi connectivity index (χ0) is 21.8. The first-order valence-corrected chi connectivity index (χ1v) is 10.8. The van der Waals surface area contributed by atoms with E-state index in [1.807, 2.05) is 36.4 Å². The number of amides is 3. The summed E-state index contributed by atoms with van der Waals surface area (Å²) >= 11 is 0. The van der Waals surface area contributed by atoms with Gasteiger partial charge in [-0.15, -0.1) is 0 Å². The number of carbonyl (C=O) groups excluding carboxylic acids is 2. The van der Waals surface area contributed by atoms with Crippen LogP contribution in [0.3, 0.4) is 0 Å². The van der Waals surface area contributed by atoms with Crippen molar-refractivity contribution in [3.63, 3.8) is 0 Å². The van der Waals surface area contributed by atoms with Crippen LogP contribution in [0.4, 0.5) is 10.5 Å². The lowest BCUT2D eigenvalue weighted by Crippen LogP contribution is -2.48. The molecule has 3 N–H and O–H groups in total. The van der Waals surface area contributed by atoms with E-state index in [2.05, 4.69) is 42.1 Å². The number of imide groups is 1. The van der Waals surface area contributed by atoms with Crippen molar-refractivity contribution in [2.45, 2.75) is 45.2 Å². The fraction of sp³-hybridized carbons (Fsp3) is 0.417. The molecule has 2 aliphatic rings. The Morgan fingerprint density at radius 2 is 1.90 bits per heavy atom. The van der Waals surface area contributed by atoms with Gasteiger partial charge >= 0.3 is 6.03 Å². The summed E-state index contributed by atoms with van der Waals surface area (Å²) in [5.41, 5.74) is 9.45. The van der Waals surface area contributed by atoms with E-state index < -0.39 is 0 Å². The average Bonchev–Trinajstić information content (AvgIpc) is 3.58. The lowest BCUT2D eigenvalue weighted by atomic mass is 9.94. The number of nitrogens with one attached hydrogen (secondary N) is 3. The van der Waals surface area contributed by atoms with Gasteiger partial charge in [0.25, 0.3) is 0 Å². The Bertz CT molecular complexity index is 938. The Morgan fingerprint density at radius 3 is 2.61 bits per heavy atom. The maximum Gasteiger partial charge on any atom is 0.324 e. The van der Waals surface area contributed by atoms with Crippen LogP contribution in [-0.2, 0) is 16.9 Å². The summed E-state index contributed by atoms with van der Waals surface area (Å²) in [6.45, 7) is 5.94. The Balaban J connectivity index is 1.32. The summed E-state index contributed by atoms with van der Waals surface area (Å²) < 4.78 is 5.86. The summed E-state index contributed by atoms with van der Waals surface area (Å²) in [6.07, 6.45) is 2.90. The number of nitrogens with zero attached hydrogens (tertiary/aromatic N) is 1. The highest BCUT2D eigenvalue weighted by molar-refractivity contribution is 5.96. The zero-order valence-electron chi connectivity index (χ0n) is 18.1. The van der Waals surface area contributed by atoms with Gasteiger partial charge < -0.3 is 15.1 Å². The molecule has 2 aromatic carbocycles. The first-order chi connectivity index (χ1) is 14.9. The molecule has 4 rings (SSSR count). The largest absolute Gasteiger partial charge is 0.493 e. The van der Waals surface area contributed by atoms with Crippen molar-refractivity contribution < 1.29 is 14.3 Å². The van der Waals surface area contributed by atoms with Crippen LogP contribution in [0.2, 0.25) is 0 Å². The first-order valence-electron chi connectivity index (χ1n) is 10.8. The molecule has 0 atom stereocenters. The van der Waals surface area contributed by atoms with Crippen LogP contribution in [0.25, 0.3) is 0 Å². The Labute approximate surface area is 183 Å². The molecule has 0 bridgehead atoms. The first kappa shape index (κ1) is 21.2. The minimum atomic E-state index is -0.324. The van der Waals surface area contributed by atoms with Gasteiger partial charge in [-0.05, 0) is 55.9 Å². The van der Waals surface area contributed by atoms with Crippen LogP contribution < -0.4 is 20.9 Å². The third kappa shape index (κ3) is 5.76. The van der Waals surface area contributed by atoms with Crippen molar-refractivity contribution in [2.24, 2.45) is 5.92 Å². The fourth-order valence-corrected chi connectivity index (χ4v) is 3.46. The van der Waals surface area contributed by atoms with Gasteiger partial charge in [-0.3, -0.25) is 10.1 Å². The number of ether oxygens (including phenoxy) is 1.